The first-order valence-electron chi connectivity index (χ1n) is 4.27. The van der Waals surface area contributed by atoms with Crippen LogP contribution in [0.4, 0.5) is 4.79 Å². The number of methoxy groups -OCH3 is 1. The van der Waals surface area contributed by atoms with Gasteiger partial charge in [0.2, 0.25) is 0 Å². The van der Waals surface area contributed by atoms with Crippen LogP contribution >= 0.6 is 0 Å². The van der Waals surface area contributed by atoms with Crippen molar-refractivity contribution >= 4 is 18.0 Å². The van der Waals surface area contributed by atoms with Crippen LogP contribution in [0.3, 0.4) is 0 Å². The second-order valence-corrected chi connectivity index (χ2v) is 2.69. The van der Waals surface area contributed by atoms with Crippen molar-refractivity contribution in [3.63, 3.8) is 0 Å². The summed E-state index contributed by atoms with van der Waals surface area (Å²) in [6, 6.07) is 0. The van der Waals surface area contributed by atoms with Gasteiger partial charge >= 0.3 is 18.0 Å². The zero-order chi connectivity index (χ0) is 12.6. The van der Waals surface area contributed by atoms with Gasteiger partial charge in [0.1, 0.15) is 0 Å². The van der Waals surface area contributed by atoms with Crippen molar-refractivity contribution in [2.75, 3.05) is 20.4 Å². The van der Waals surface area contributed by atoms with Gasteiger partial charge in [0.05, 0.1) is 7.11 Å². The number of rotatable bonds is 5. The van der Waals surface area contributed by atoms with E-state index in [4.69, 9.17) is 0 Å². The lowest BCUT2D eigenvalue weighted by molar-refractivity contribution is -0.144. The summed E-state index contributed by atoms with van der Waals surface area (Å²) in [4.78, 5) is 32.3. The number of carbonyl (C=O) groups is 3. The average Bonchev–Trinajstić information content (AvgIpc) is 2.25. The van der Waals surface area contributed by atoms with Crippen molar-refractivity contribution in [2.45, 2.75) is 6.92 Å². The molecule has 0 aromatic carbocycles. The molecule has 7 nitrogen and oxygen atoms in total. The van der Waals surface area contributed by atoms with E-state index in [0.29, 0.717) is 0 Å². The maximum Gasteiger partial charge on any atom is 0.410 e. The van der Waals surface area contributed by atoms with Crippen molar-refractivity contribution in [3.8, 4) is 0 Å². The highest BCUT2D eigenvalue weighted by molar-refractivity contribution is 5.87. The van der Waals surface area contributed by atoms with E-state index in [1.54, 1.807) is 0 Å². The molecule has 0 aliphatic heterocycles. The van der Waals surface area contributed by atoms with Crippen molar-refractivity contribution in [1.82, 2.24) is 5.32 Å². The normalized spacial score (nSPS) is 8.88. The Hall–Kier alpha value is -2.05. The first kappa shape index (κ1) is 13.9. The number of carbonyl (C=O) groups excluding carboxylic acids is 3. The predicted molar refractivity (Wildman–Crippen MR) is 52.3 cm³/mol. The highest BCUT2D eigenvalue weighted by Gasteiger charge is 2.07. The molecule has 0 atom stereocenters. The van der Waals surface area contributed by atoms with E-state index in [1.165, 1.54) is 6.92 Å². The fourth-order valence-corrected chi connectivity index (χ4v) is 0.518. The van der Waals surface area contributed by atoms with Crippen molar-refractivity contribution in [2.24, 2.45) is 0 Å². The second-order valence-electron chi connectivity index (χ2n) is 2.69. The molecule has 0 aliphatic rings. The maximum absolute atomic E-state index is 10.9. The highest BCUT2D eigenvalue weighted by Crippen LogP contribution is 1.90. The second kappa shape index (κ2) is 7.27. The molecule has 0 aromatic heterocycles. The third-order valence-electron chi connectivity index (χ3n) is 1.32. The number of esters is 2. The third-order valence-corrected chi connectivity index (χ3v) is 1.32. The third kappa shape index (κ3) is 6.41. The quantitative estimate of drug-likeness (QED) is 0.309. The number of hydrogen-bond donors (Lipinski definition) is 1. The molecule has 1 N–H and O–H groups in total. The summed E-state index contributed by atoms with van der Waals surface area (Å²) in [5.74, 6) is -1.32. The van der Waals surface area contributed by atoms with Crippen molar-refractivity contribution < 1.29 is 28.6 Å². The van der Waals surface area contributed by atoms with Crippen molar-refractivity contribution in [3.05, 3.63) is 12.2 Å². The molecule has 0 fully saturated rings. The summed E-state index contributed by atoms with van der Waals surface area (Å²) in [5, 5.41) is 2.09. The number of alkyl carbamates (subject to hydrolysis) is 1. The summed E-state index contributed by atoms with van der Waals surface area (Å²) < 4.78 is 13.2. The molecule has 0 spiro atoms. The molecule has 1 amide bonds. The van der Waals surface area contributed by atoms with E-state index in [0.717, 1.165) is 7.11 Å². The standard InChI is InChI=1S/C9H13NO6/c1-6(2)8(12)16-5-10-9(13)15-4-7(11)14-3/h1,4-5H2,2-3H3,(H,10,13). The SMILES string of the molecule is C=C(C)C(=O)OCNC(=O)OCC(=O)OC. The van der Waals surface area contributed by atoms with Gasteiger partial charge in [-0.1, -0.05) is 6.58 Å². The Morgan fingerprint density at radius 2 is 1.88 bits per heavy atom. The minimum Gasteiger partial charge on any atom is -0.466 e. The maximum atomic E-state index is 10.9. The van der Waals surface area contributed by atoms with Gasteiger partial charge in [0.25, 0.3) is 0 Å². The van der Waals surface area contributed by atoms with Gasteiger partial charge in [-0.25, -0.2) is 14.4 Å². The van der Waals surface area contributed by atoms with Gasteiger partial charge in [0.15, 0.2) is 13.3 Å². The molecule has 0 unspecified atom stereocenters. The molecule has 0 saturated heterocycles. The van der Waals surface area contributed by atoms with Crippen LogP contribution in [0, 0.1) is 0 Å². The molecule has 90 valence electrons. The summed E-state index contributed by atoms with van der Waals surface area (Å²) in [6.07, 6.45) is -0.889. The molecule has 0 aliphatic carbocycles. The number of nitrogens with one attached hydrogen (secondary N) is 1. The Kier molecular flexibility index (Phi) is 6.34. The minimum absolute atomic E-state index is 0.213. The van der Waals surface area contributed by atoms with Gasteiger partial charge < -0.3 is 14.2 Å². The van der Waals surface area contributed by atoms with Crippen LogP contribution in [0.15, 0.2) is 12.2 Å². The molecule has 7 heteroatoms. The molecule has 0 radical (unpaired) electrons. The van der Waals surface area contributed by atoms with E-state index in [-0.39, 0.29) is 12.3 Å². The fraction of sp³-hybridized carbons (Fsp3) is 0.444. The number of amides is 1. The minimum atomic E-state index is -0.889. The van der Waals surface area contributed by atoms with Crippen LogP contribution in [0.1, 0.15) is 6.92 Å². The Balaban J connectivity index is 3.62. The van der Waals surface area contributed by atoms with Crippen LogP contribution < -0.4 is 5.32 Å². The zero-order valence-corrected chi connectivity index (χ0v) is 9.07. The van der Waals surface area contributed by atoms with Gasteiger partial charge in [-0.15, -0.1) is 0 Å². The summed E-state index contributed by atoms with van der Waals surface area (Å²) in [5.41, 5.74) is 0.213. The molecule has 0 saturated carbocycles. The lowest BCUT2D eigenvalue weighted by atomic mass is 10.4. The van der Waals surface area contributed by atoms with Crippen LogP contribution in [0.2, 0.25) is 0 Å². The van der Waals surface area contributed by atoms with Crippen molar-refractivity contribution in [1.29, 1.82) is 0 Å². The van der Waals surface area contributed by atoms with Crippen LogP contribution in [-0.2, 0) is 23.8 Å². The Labute approximate surface area is 92.3 Å². The molecule has 0 aromatic rings. The smallest absolute Gasteiger partial charge is 0.410 e. The van der Waals surface area contributed by atoms with Gasteiger partial charge in [-0.2, -0.15) is 0 Å². The molecule has 0 rings (SSSR count). The number of hydrogen-bond acceptors (Lipinski definition) is 6. The topological polar surface area (TPSA) is 90.9 Å². The van der Waals surface area contributed by atoms with E-state index in [2.05, 4.69) is 26.1 Å². The average molecular weight is 231 g/mol. The first-order valence-corrected chi connectivity index (χ1v) is 4.27. The summed E-state index contributed by atoms with van der Waals surface area (Å²) in [7, 11) is 1.16. The highest BCUT2D eigenvalue weighted by atomic mass is 16.6. The van der Waals surface area contributed by atoms with E-state index in [1.807, 2.05) is 0 Å². The first-order chi connectivity index (χ1) is 7.47. The van der Waals surface area contributed by atoms with Crippen LogP contribution in [0.5, 0.6) is 0 Å². The van der Waals surface area contributed by atoms with Crippen LogP contribution in [-0.4, -0.2) is 38.5 Å². The molecule has 16 heavy (non-hydrogen) atoms. The Bertz CT molecular complexity index is 298. The van der Waals surface area contributed by atoms with Gasteiger partial charge in [-0.05, 0) is 6.92 Å². The predicted octanol–water partition coefficient (Wildman–Crippen LogP) is -0.0376. The van der Waals surface area contributed by atoms with E-state index < -0.39 is 24.6 Å². The summed E-state index contributed by atoms with van der Waals surface area (Å²) >= 11 is 0. The molecule has 0 heterocycles. The lowest BCUT2D eigenvalue weighted by Gasteiger charge is -2.06. The Morgan fingerprint density at radius 1 is 1.25 bits per heavy atom. The van der Waals surface area contributed by atoms with E-state index >= 15 is 0 Å². The largest absolute Gasteiger partial charge is 0.466 e. The summed E-state index contributed by atoms with van der Waals surface area (Å²) in [6.45, 7) is 3.96. The molecular weight excluding hydrogens is 218 g/mol. The van der Waals surface area contributed by atoms with E-state index in [9.17, 15) is 14.4 Å². The zero-order valence-electron chi connectivity index (χ0n) is 9.07. The fourth-order valence-electron chi connectivity index (χ4n) is 0.518. The monoisotopic (exact) mass is 231 g/mol. The number of ether oxygens (including phenoxy) is 3. The lowest BCUT2D eigenvalue weighted by Crippen LogP contribution is -2.30. The molecular formula is C9H13NO6. The van der Waals surface area contributed by atoms with Gasteiger partial charge in [0, 0.05) is 5.57 Å². The van der Waals surface area contributed by atoms with Crippen LogP contribution in [0.25, 0.3) is 0 Å². The van der Waals surface area contributed by atoms with Gasteiger partial charge in [-0.3, -0.25) is 5.32 Å². The Morgan fingerprint density at radius 3 is 2.38 bits per heavy atom. The molecule has 0 bridgehead atoms.